The number of carbonyl (C=O) groups excluding carboxylic acids is 1. The number of carbonyl (C=O) groups is 1. The van der Waals surface area contributed by atoms with Gasteiger partial charge < -0.3 is 9.80 Å². The van der Waals surface area contributed by atoms with E-state index in [9.17, 15) is 9.59 Å². The Balaban J connectivity index is 1.14. The highest BCUT2D eigenvalue weighted by Gasteiger charge is 2.32. The van der Waals surface area contributed by atoms with Crippen molar-refractivity contribution in [2.75, 3.05) is 26.2 Å². The monoisotopic (exact) mass is 531 g/mol. The Morgan fingerprint density at radius 1 is 1.08 bits per heavy atom. The van der Waals surface area contributed by atoms with Crippen molar-refractivity contribution < 1.29 is 4.79 Å². The first-order valence-corrected chi connectivity index (χ1v) is 13.7. The standard InChI is InChI=1S/C28H26ClN5O2S/c29-20-9-10-23-25(17-20)37-28(30-23)34-12-4-11-33(13-14-34)27(36)19-6-3-5-18(15-19)16-24-21-7-1-2-8-22(21)26(35)32-31-24/h1-3,5-10,15,17,23,25H,4,11-14,16H2,(H,32,35). The summed E-state index contributed by atoms with van der Waals surface area (Å²) < 4.78 is 0. The maximum absolute atomic E-state index is 13.5. The van der Waals surface area contributed by atoms with Crippen LogP contribution in [0, 0.1) is 0 Å². The zero-order chi connectivity index (χ0) is 25.4. The van der Waals surface area contributed by atoms with Crippen molar-refractivity contribution in [2.24, 2.45) is 4.99 Å². The summed E-state index contributed by atoms with van der Waals surface area (Å²) in [7, 11) is 0. The number of amides is 1. The number of thioether (sulfide) groups is 1. The Kier molecular flexibility index (Phi) is 6.61. The fourth-order valence-corrected chi connectivity index (χ4v) is 6.62. The number of aliphatic imine (C=N–C) groups is 1. The summed E-state index contributed by atoms with van der Waals surface area (Å²) in [5, 5.41) is 10.4. The lowest BCUT2D eigenvalue weighted by molar-refractivity contribution is 0.0764. The van der Waals surface area contributed by atoms with Gasteiger partial charge in [-0.1, -0.05) is 59.8 Å². The van der Waals surface area contributed by atoms with E-state index in [1.165, 1.54) is 0 Å². The van der Waals surface area contributed by atoms with Crippen molar-refractivity contribution in [1.29, 1.82) is 0 Å². The lowest BCUT2D eigenvalue weighted by atomic mass is 10.0. The molecule has 2 aliphatic heterocycles. The molecule has 1 N–H and O–H groups in total. The van der Waals surface area contributed by atoms with Crippen molar-refractivity contribution in [3.63, 3.8) is 0 Å². The number of H-pyrrole nitrogens is 1. The largest absolute Gasteiger partial charge is 0.350 e. The van der Waals surface area contributed by atoms with E-state index < -0.39 is 0 Å². The second kappa shape index (κ2) is 10.2. The van der Waals surface area contributed by atoms with E-state index in [2.05, 4.69) is 27.2 Å². The zero-order valence-corrected chi connectivity index (χ0v) is 21.7. The number of rotatable bonds is 3. The highest BCUT2D eigenvalue weighted by molar-refractivity contribution is 8.14. The third kappa shape index (κ3) is 4.95. The Bertz CT molecular complexity index is 1510. The average Bonchev–Trinajstić information content (AvgIpc) is 3.17. The van der Waals surface area contributed by atoms with Crippen LogP contribution >= 0.6 is 23.4 Å². The highest BCUT2D eigenvalue weighted by atomic mass is 35.5. The van der Waals surface area contributed by atoms with Gasteiger partial charge in [-0.15, -0.1) is 0 Å². The fraction of sp³-hybridized carbons (Fsp3) is 0.286. The minimum atomic E-state index is -0.198. The predicted octanol–water partition coefficient (Wildman–Crippen LogP) is 4.19. The van der Waals surface area contributed by atoms with Gasteiger partial charge in [-0.25, -0.2) is 5.10 Å². The smallest absolute Gasteiger partial charge is 0.272 e. The molecule has 0 bridgehead atoms. The van der Waals surface area contributed by atoms with E-state index in [4.69, 9.17) is 16.6 Å². The number of hydrogen-bond donors (Lipinski definition) is 1. The van der Waals surface area contributed by atoms with Crippen LogP contribution in [-0.2, 0) is 6.42 Å². The molecule has 188 valence electrons. The normalized spacial score (nSPS) is 21.4. The number of fused-ring (bicyclic) bond motifs is 2. The topological polar surface area (TPSA) is 81.7 Å². The first kappa shape index (κ1) is 24.0. The molecule has 3 aliphatic rings. The fourth-order valence-electron chi connectivity index (χ4n) is 5.08. The molecular weight excluding hydrogens is 506 g/mol. The Morgan fingerprint density at radius 3 is 2.84 bits per heavy atom. The third-order valence-corrected chi connectivity index (χ3v) is 8.50. The van der Waals surface area contributed by atoms with E-state index >= 15 is 0 Å². The van der Waals surface area contributed by atoms with Crippen molar-refractivity contribution in [2.45, 2.75) is 24.1 Å². The summed E-state index contributed by atoms with van der Waals surface area (Å²) in [5.74, 6) is 0.0373. The molecule has 0 saturated carbocycles. The van der Waals surface area contributed by atoms with Crippen LogP contribution in [0.5, 0.6) is 0 Å². The number of aromatic amines is 1. The zero-order valence-electron chi connectivity index (χ0n) is 20.1. The minimum absolute atomic E-state index is 0.0373. The van der Waals surface area contributed by atoms with E-state index in [1.807, 2.05) is 53.4 Å². The van der Waals surface area contributed by atoms with E-state index in [-0.39, 0.29) is 22.8 Å². The van der Waals surface area contributed by atoms with Crippen LogP contribution in [0.25, 0.3) is 10.8 Å². The van der Waals surface area contributed by atoms with E-state index in [1.54, 1.807) is 17.8 Å². The van der Waals surface area contributed by atoms with Gasteiger partial charge in [0.2, 0.25) is 0 Å². The highest BCUT2D eigenvalue weighted by Crippen LogP contribution is 2.35. The molecule has 2 unspecified atom stereocenters. The molecule has 1 aliphatic carbocycles. The molecule has 2 aromatic carbocycles. The molecule has 2 atom stereocenters. The summed E-state index contributed by atoms with van der Waals surface area (Å²) in [6.45, 7) is 2.99. The lowest BCUT2D eigenvalue weighted by Gasteiger charge is -2.23. The van der Waals surface area contributed by atoms with Crippen LogP contribution in [0.1, 0.15) is 28.0 Å². The predicted molar refractivity (Wildman–Crippen MR) is 149 cm³/mol. The van der Waals surface area contributed by atoms with Gasteiger partial charge in [0, 0.05) is 48.6 Å². The van der Waals surface area contributed by atoms with Gasteiger partial charge in [-0.3, -0.25) is 14.6 Å². The van der Waals surface area contributed by atoms with Gasteiger partial charge in [-0.2, -0.15) is 5.10 Å². The second-order valence-electron chi connectivity index (χ2n) is 9.45. The number of aromatic nitrogens is 2. The number of nitrogens with one attached hydrogen (secondary N) is 1. The molecule has 7 nitrogen and oxygen atoms in total. The first-order valence-electron chi connectivity index (χ1n) is 12.4. The molecule has 1 saturated heterocycles. The molecule has 9 heteroatoms. The SMILES string of the molecule is O=C(c1cccc(Cc2n[nH]c(=O)c3ccccc23)c1)N1CCCN(C2=NC3C=CC(Cl)=CC3S2)CC1. The van der Waals surface area contributed by atoms with Gasteiger partial charge in [0.05, 0.1) is 22.4 Å². The molecule has 0 spiro atoms. The average molecular weight is 532 g/mol. The quantitative estimate of drug-likeness (QED) is 0.548. The molecule has 1 aromatic heterocycles. The summed E-state index contributed by atoms with van der Waals surface area (Å²) in [4.78, 5) is 34.7. The summed E-state index contributed by atoms with van der Waals surface area (Å²) in [5.41, 5.74) is 2.23. The van der Waals surface area contributed by atoms with Gasteiger partial charge >= 0.3 is 0 Å². The van der Waals surface area contributed by atoms with Crippen molar-refractivity contribution in [3.8, 4) is 0 Å². The van der Waals surface area contributed by atoms with Gasteiger partial charge in [0.15, 0.2) is 5.17 Å². The van der Waals surface area contributed by atoms with Gasteiger partial charge in [0.1, 0.15) is 0 Å². The Labute approximate surface area is 223 Å². The van der Waals surface area contributed by atoms with E-state index in [0.717, 1.165) is 46.4 Å². The minimum Gasteiger partial charge on any atom is -0.350 e. The summed E-state index contributed by atoms with van der Waals surface area (Å²) in [6.07, 6.45) is 7.47. The van der Waals surface area contributed by atoms with Crippen molar-refractivity contribution in [3.05, 3.63) is 99.0 Å². The molecule has 6 rings (SSSR count). The molecular formula is C28H26ClN5O2S. The van der Waals surface area contributed by atoms with E-state index in [0.29, 0.717) is 30.5 Å². The summed E-state index contributed by atoms with van der Waals surface area (Å²) in [6, 6.07) is 15.3. The van der Waals surface area contributed by atoms with Crippen molar-refractivity contribution in [1.82, 2.24) is 20.0 Å². The van der Waals surface area contributed by atoms with Crippen LogP contribution in [-0.4, -0.2) is 68.5 Å². The van der Waals surface area contributed by atoms with Gasteiger partial charge in [-0.05, 0) is 42.3 Å². The second-order valence-corrected chi connectivity index (χ2v) is 11.0. The number of halogens is 1. The maximum atomic E-state index is 13.5. The van der Waals surface area contributed by atoms with Crippen LogP contribution in [0.15, 0.2) is 81.6 Å². The molecule has 1 fully saturated rings. The number of benzene rings is 2. The maximum Gasteiger partial charge on any atom is 0.272 e. The first-order chi connectivity index (χ1) is 18.0. The number of nitrogens with zero attached hydrogens (tertiary/aromatic N) is 4. The summed E-state index contributed by atoms with van der Waals surface area (Å²) >= 11 is 7.93. The molecule has 1 amide bonds. The van der Waals surface area contributed by atoms with Crippen LogP contribution < -0.4 is 5.56 Å². The molecule has 0 radical (unpaired) electrons. The van der Waals surface area contributed by atoms with Crippen LogP contribution in [0.2, 0.25) is 0 Å². The number of allylic oxidation sites excluding steroid dienone is 2. The van der Waals surface area contributed by atoms with Crippen molar-refractivity contribution >= 4 is 45.2 Å². The van der Waals surface area contributed by atoms with Gasteiger partial charge in [0.25, 0.3) is 11.5 Å². The van der Waals surface area contributed by atoms with Crippen LogP contribution in [0.4, 0.5) is 0 Å². The molecule has 3 heterocycles. The number of amidine groups is 1. The Morgan fingerprint density at radius 2 is 1.95 bits per heavy atom. The molecule has 3 aromatic rings. The Hall–Kier alpha value is -3.36. The molecule has 37 heavy (non-hydrogen) atoms. The number of hydrogen-bond acceptors (Lipinski definition) is 6. The lowest BCUT2D eigenvalue weighted by Crippen LogP contribution is -2.36. The van der Waals surface area contributed by atoms with Crippen LogP contribution in [0.3, 0.4) is 0 Å². The third-order valence-electron chi connectivity index (χ3n) is 6.99.